The van der Waals surface area contributed by atoms with Crippen LogP contribution in [0.2, 0.25) is 0 Å². The zero-order valence-corrected chi connectivity index (χ0v) is 13.1. The average molecular weight is 296 g/mol. The van der Waals surface area contributed by atoms with Crippen molar-refractivity contribution in [3.05, 3.63) is 0 Å². The average Bonchev–Trinajstić information content (AvgIpc) is 1.25. The second kappa shape index (κ2) is 16.2. The molecule has 0 atom stereocenters. The maximum atomic E-state index is 8.89. The summed E-state index contributed by atoms with van der Waals surface area (Å²) in [6.45, 7) is 1.94. The SMILES string of the molecule is CC(=O)[O-].CC(=O)[O-].[Cd].[Zn+2]. The first-order valence-corrected chi connectivity index (χ1v) is 1.82. The summed E-state index contributed by atoms with van der Waals surface area (Å²) in [5.74, 6) is -2.17. The summed E-state index contributed by atoms with van der Waals surface area (Å²) in [5.41, 5.74) is 0. The van der Waals surface area contributed by atoms with Crippen molar-refractivity contribution >= 4 is 11.9 Å². The van der Waals surface area contributed by atoms with Gasteiger partial charge in [-0.25, -0.2) is 0 Å². The summed E-state index contributed by atoms with van der Waals surface area (Å²) in [5, 5.41) is 17.8. The predicted octanol–water partition coefficient (Wildman–Crippen LogP) is -2.49. The van der Waals surface area contributed by atoms with Crippen molar-refractivity contribution in [3.8, 4) is 0 Å². The van der Waals surface area contributed by atoms with Gasteiger partial charge >= 0.3 is 19.5 Å². The van der Waals surface area contributed by atoms with Crippen LogP contribution in [0.15, 0.2) is 0 Å². The number of carboxylic acids is 2. The van der Waals surface area contributed by atoms with Crippen molar-refractivity contribution in [2.45, 2.75) is 13.8 Å². The third-order valence-electron chi connectivity index (χ3n) is 0. The van der Waals surface area contributed by atoms with E-state index in [0.29, 0.717) is 0 Å². The first-order valence-electron chi connectivity index (χ1n) is 1.82. The Balaban J connectivity index is -0.0000000300. The van der Waals surface area contributed by atoms with Crippen molar-refractivity contribution in [2.75, 3.05) is 0 Å². The van der Waals surface area contributed by atoms with Gasteiger partial charge in [-0.15, -0.1) is 0 Å². The van der Waals surface area contributed by atoms with E-state index in [1.54, 1.807) is 0 Å². The minimum atomic E-state index is -1.08. The van der Waals surface area contributed by atoms with E-state index in [2.05, 4.69) is 0 Å². The molecule has 0 amide bonds. The largest absolute Gasteiger partial charge is 2.00 e. The van der Waals surface area contributed by atoms with Gasteiger partial charge in [0.15, 0.2) is 0 Å². The molecule has 0 aromatic carbocycles. The normalized spacial score (nSPS) is 5.00. The molecule has 0 aliphatic carbocycles. The maximum absolute atomic E-state index is 8.89. The molecule has 0 N–H and O–H groups in total. The number of carboxylic acid groups (broad SMARTS) is 2. The Morgan fingerprint density at radius 1 is 1.00 bits per heavy atom. The van der Waals surface area contributed by atoms with Crippen molar-refractivity contribution in [1.82, 2.24) is 0 Å². The molecule has 0 radical (unpaired) electrons. The second-order valence-electron chi connectivity index (χ2n) is 0.983. The van der Waals surface area contributed by atoms with Crippen LogP contribution in [0.3, 0.4) is 0 Å². The van der Waals surface area contributed by atoms with Gasteiger partial charge in [0, 0.05) is 39.2 Å². The number of hydrogen-bond acceptors (Lipinski definition) is 4. The summed E-state index contributed by atoms with van der Waals surface area (Å²) >= 11 is 0. The van der Waals surface area contributed by atoms with E-state index in [1.165, 1.54) is 0 Å². The van der Waals surface area contributed by atoms with E-state index in [9.17, 15) is 0 Å². The molecule has 0 aliphatic rings. The van der Waals surface area contributed by atoms with Gasteiger partial charge in [0.05, 0.1) is 0 Å². The van der Waals surface area contributed by atoms with Gasteiger partial charge in [-0.3, -0.25) is 0 Å². The van der Waals surface area contributed by atoms with Crippen molar-refractivity contribution < 1.29 is 66.6 Å². The van der Waals surface area contributed by atoms with Crippen LogP contribution >= 0.6 is 0 Å². The number of carbonyl (C=O) groups is 2. The van der Waals surface area contributed by atoms with E-state index in [0.717, 1.165) is 13.8 Å². The molecule has 0 aromatic rings. The third-order valence-corrected chi connectivity index (χ3v) is 0. The summed E-state index contributed by atoms with van der Waals surface area (Å²) in [4.78, 5) is 17.8. The standard InChI is InChI=1S/2C2H4O2.Cd.Zn/c2*1-2(3)4;;/h2*1H3,(H,3,4);;/q;;;+2/p-2. The minimum Gasteiger partial charge on any atom is -0.550 e. The Morgan fingerprint density at radius 2 is 1.00 bits per heavy atom. The van der Waals surface area contributed by atoms with E-state index in [4.69, 9.17) is 19.8 Å². The van der Waals surface area contributed by atoms with E-state index >= 15 is 0 Å². The fourth-order valence-electron chi connectivity index (χ4n) is 0. The zero-order valence-electron chi connectivity index (χ0n) is 6.05. The maximum Gasteiger partial charge on any atom is 2.00 e. The van der Waals surface area contributed by atoms with E-state index in [-0.39, 0.29) is 46.8 Å². The summed E-state index contributed by atoms with van der Waals surface area (Å²) in [6.07, 6.45) is 0. The van der Waals surface area contributed by atoms with Crippen molar-refractivity contribution in [3.63, 3.8) is 0 Å². The molecular weight excluding hydrogens is 290 g/mol. The Labute approximate surface area is 91.9 Å². The molecule has 0 rings (SSSR count). The molecule has 6 heteroatoms. The second-order valence-corrected chi connectivity index (χ2v) is 0.983. The molecule has 0 heterocycles. The van der Waals surface area contributed by atoms with Gasteiger partial charge in [0.1, 0.15) is 0 Å². The van der Waals surface area contributed by atoms with E-state index < -0.39 is 11.9 Å². The van der Waals surface area contributed by atoms with Crippen molar-refractivity contribution in [2.24, 2.45) is 0 Å². The summed E-state index contributed by atoms with van der Waals surface area (Å²) < 4.78 is 0. The number of aliphatic carboxylic acids is 2. The van der Waals surface area contributed by atoms with Crippen molar-refractivity contribution in [1.29, 1.82) is 0 Å². The Morgan fingerprint density at radius 3 is 1.00 bits per heavy atom. The van der Waals surface area contributed by atoms with Crippen LogP contribution in [-0.2, 0) is 56.4 Å². The molecule has 0 aliphatic heterocycles. The van der Waals surface area contributed by atoms with Gasteiger partial charge in [-0.1, -0.05) is 0 Å². The quantitative estimate of drug-likeness (QED) is 0.463. The molecular formula is C4H6CdO4Zn. The molecule has 0 saturated carbocycles. The summed E-state index contributed by atoms with van der Waals surface area (Å²) in [7, 11) is 0. The Bertz CT molecular complexity index is 75.3. The van der Waals surface area contributed by atoms with Gasteiger partial charge in [-0.05, 0) is 13.8 Å². The van der Waals surface area contributed by atoms with Gasteiger partial charge in [0.2, 0.25) is 0 Å². The molecule has 4 nitrogen and oxygen atoms in total. The Kier molecular flexibility index (Phi) is 36.4. The van der Waals surface area contributed by atoms with Crippen LogP contribution < -0.4 is 10.2 Å². The fraction of sp³-hybridized carbons (Fsp3) is 0.500. The van der Waals surface area contributed by atoms with Crippen LogP contribution in [0.1, 0.15) is 13.8 Å². The first kappa shape index (κ1) is 22.4. The van der Waals surface area contributed by atoms with Crippen LogP contribution in [0.25, 0.3) is 0 Å². The zero-order chi connectivity index (χ0) is 7.15. The van der Waals surface area contributed by atoms with Gasteiger partial charge in [0.25, 0.3) is 0 Å². The molecule has 0 bridgehead atoms. The fourth-order valence-corrected chi connectivity index (χ4v) is 0. The third kappa shape index (κ3) is 2020. The molecule has 50 valence electrons. The molecule has 10 heavy (non-hydrogen) atoms. The number of carbonyl (C=O) groups excluding carboxylic acids is 2. The first-order chi connectivity index (χ1) is 3.46. The minimum absolute atomic E-state index is 0. The van der Waals surface area contributed by atoms with E-state index in [1.807, 2.05) is 0 Å². The van der Waals surface area contributed by atoms with Gasteiger partial charge in [-0.2, -0.15) is 0 Å². The number of hydrogen-bond donors (Lipinski definition) is 0. The Hall–Kier alpha value is 0.485. The number of rotatable bonds is 0. The predicted molar refractivity (Wildman–Crippen MR) is 21.4 cm³/mol. The monoisotopic (exact) mass is 296 g/mol. The van der Waals surface area contributed by atoms with Crippen LogP contribution in [0.5, 0.6) is 0 Å². The topological polar surface area (TPSA) is 80.3 Å². The van der Waals surface area contributed by atoms with Gasteiger partial charge < -0.3 is 19.8 Å². The molecule has 0 fully saturated rings. The molecule has 0 aromatic heterocycles. The van der Waals surface area contributed by atoms with Crippen LogP contribution in [0.4, 0.5) is 0 Å². The molecule has 0 unspecified atom stereocenters. The summed E-state index contributed by atoms with van der Waals surface area (Å²) in [6, 6.07) is 0. The smallest absolute Gasteiger partial charge is 0.550 e. The van der Waals surface area contributed by atoms with Crippen LogP contribution in [0, 0.1) is 0 Å². The van der Waals surface area contributed by atoms with Crippen LogP contribution in [-0.4, -0.2) is 11.9 Å². The molecule has 0 saturated heterocycles. The molecule has 0 spiro atoms.